The number of rotatable bonds is 6. The minimum atomic E-state index is -1.46. The molecule has 0 radical (unpaired) electrons. The van der Waals surface area contributed by atoms with Gasteiger partial charge in [0, 0.05) is 25.5 Å². The van der Waals surface area contributed by atoms with E-state index in [0.717, 1.165) is 11.1 Å². The van der Waals surface area contributed by atoms with Gasteiger partial charge in [-0.15, -0.1) is 0 Å². The van der Waals surface area contributed by atoms with E-state index in [2.05, 4.69) is 4.98 Å². The van der Waals surface area contributed by atoms with Crippen LogP contribution in [0.1, 0.15) is 17.5 Å². The molecule has 28 heavy (non-hydrogen) atoms. The molecule has 0 spiro atoms. The van der Waals surface area contributed by atoms with Gasteiger partial charge < -0.3 is 19.8 Å². The van der Waals surface area contributed by atoms with Crippen molar-refractivity contribution < 1.29 is 24.5 Å². The lowest BCUT2D eigenvalue weighted by Gasteiger charge is -2.43. The standard InChI is InChI=1S/C21H24N2O5/c1-28-17-4-2-3-16(11-17)13-21(20(26)27)14-23(10-7-18(21)24)19(25)12-15-5-8-22-9-6-15/h2-6,8-9,11,18,24H,7,10,12-14H2,1H3,(H,26,27)/t18-,21+/m0/s1. The smallest absolute Gasteiger partial charge is 0.314 e. The van der Waals surface area contributed by atoms with E-state index in [1.807, 2.05) is 0 Å². The lowest BCUT2D eigenvalue weighted by Crippen LogP contribution is -2.58. The maximum atomic E-state index is 12.7. The zero-order chi connectivity index (χ0) is 20.1. The number of benzene rings is 1. The summed E-state index contributed by atoms with van der Waals surface area (Å²) in [6.45, 7) is 0.294. The maximum absolute atomic E-state index is 12.7. The average molecular weight is 384 g/mol. The lowest BCUT2D eigenvalue weighted by atomic mass is 9.72. The van der Waals surface area contributed by atoms with E-state index in [1.165, 1.54) is 0 Å². The molecule has 2 heterocycles. The number of carboxylic acids is 1. The monoisotopic (exact) mass is 384 g/mol. The van der Waals surface area contributed by atoms with E-state index in [-0.39, 0.29) is 31.7 Å². The Labute approximate surface area is 163 Å². The van der Waals surface area contributed by atoms with Gasteiger partial charge in [0.1, 0.15) is 11.2 Å². The van der Waals surface area contributed by atoms with E-state index in [1.54, 1.807) is 60.8 Å². The number of amides is 1. The summed E-state index contributed by atoms with van der Waals surface area (Å²) in [6, 6.07) is 10.6. The van der Waals surface area contributed by atoms with Crippen molar-refractivity contribution in [2.45, 2.75) is 25.4 Å². The number of hydrogen-bond acceptors (Lipinski definition) is 5. The number of aliphatic carboxylic acids is 1. The van der Waals surface area contributed by atoms with Crippen molar-refractivity contribution >= 4 is 11.9 Å². The van der Waals surface area contributed by atoms with E-state index >= 15 is 0 Å². The van der Waals surface area contributed by atoms with Crippen molar-refractivity contribution in [3.8, 4) is 5.75 Å². The molecule has 0 bridgehead atoms. The van der Waals surface area contributed by atoms with Crippen molar-refractivity contribution in [1.29, 1.82) is 0 Å². The summed E-state index contributed by atoms with van der Waals surface area (Å²) >= 11 is 0. The number of pyridine rings is 1. The van der Waals surface area contributed by atoms with Crippen molar-refractivity contribution in [2.24, 2.45) is 5.41 Å². The molecule has 1 amide bonds. The molecule has 1 aliphatic rings. The first-order valence-corrected chi connectivity index (χ1v) is 9.15. The number of hydrogen-bond donors (Lipinski definition) is 2. The topological polar surface area (TPSA) is 100.0 Å². The number of aromatic nitrogens is 1. The molecule has 7 heteroatoms. The van der Waals surface area contributed by atoms with Gasteiger partial charge >= 0.3 is 5.97 Å². The molecule has 0 aliphatic carbocycles. The van der Waals surface area contributed by atoms with E-state index in [0.29, 0.717) is 12.3 Å². The minimum absolute atomic E-state index is 0.0371. The Kier molecular flexibility index (Phi) is 5.94. The number of ether oxygens (including phenoxy) is 1. The number of carboxylic acid groups (broad SMARTS) is 1. The third kappa shape index (κ3) is 4.14. The molecule has 1 aromatic heterocycles. The van der Waals surface area contributed by atoms with Gasteiger partial charge in [0.15, 0.2) is 0 Å². The van der Waals surface area contributed by atoms with Crippen LogP contribution in [0.2, 0.25) is 0 Å². The molecule has 7 nitrogen and oxygen atoms in total. The molecule has 0 saturated carbocycles. The molecule has 2 N–H and O–H groups in total. The molecule has 1 aromatic carbocycles. The van der Waals surface area contributed by atoms with Gasteiger partial charge in [-0.1, -0.05) is 12.1 Å². The first-order valence-electron chi connectivity index (χ1n) is 9.15. The highest BCUT2D eigenvalue weighted by atomic mass is 16.5. The van der Waals surface area contributed by atoms with Gasteiger partial charge in [-0.3, -0.25) is 14.6 Å². The predicted octanol–water partition coefficient (Wildman–Crippen LogP) is 1.54. The minimum Gasteiger partial charge on any atom is -0.497 e. The summed E-state index contributed by atoms with van der Waals surface area (Å²) in [4.78, 5) is 30.5. The summed E-state index contributed by atoms with van der Waals surface area (Å²) in [7, 11) is 1.54. The fourth-order valence-corrected chi connectivity index (χ4v) is 3.69. The number of aliphatic hydroxyl groups is 1. The molecule has 2 atom stereocenters. The molecule has 0 unspecified atom stereocenters. The molecule has 1 aliphatic heterocycles. The summed E-state index contributed by atoms with van der Waals surface area (Å²) < 4.78 is 5.21. The highest BCUT2D eigenvalue weighted by Crippen LogP contribution is 2.35. The fourth-order valence-electron chi connectivity index (χ4n) is 3.69. The van der Waals surface area contributed by atoms with Gasteiger partial charge in [0.25, 0.3) is 0 Å². The first kappa shape index (κ1) is 19.8. The molecule has 2 aromatic rings. The Balaban J connectivity index is 1.82. The van der Waals surface area contributed by atoms with Crippen LogP contribution in [-0.4, -0.2) is 58.3 Å². The van der Waals surface area contributed by atoms with Gasteiger partial charge in [-0.05, 0) is 48.2 Å². The lowest BCUT2D eigenvalue weighted by molar-refractivity contribution is -0.165. The third-order valence-corrected chi connectivity index (χ3v) is 5.32. The highest BCUT2D eigenvalue weighted by Gasteiger charge is 2.50. The number of aliphatic hydroxyl groups excluding tert-OH is 1. The number of piperidine rings is 1. The zero-order valence-corrected chi connectivity index (χ0v) is 15.7. The number of carbonyl (C=O) groups excluding carboxylic acids is 1. The Bertz CT molecular complexity index is 842. The number of nitrogens with zero attached hydrogens (tertiary/aromatic N) is 2. The zero-order valence-electron chi connectivity index (χ0n) is 15.7. The van der Waals surface area contributed by atoms with Crippen LogP contribution in [-0.2, 0) is 22.4 Å². The maximum Gasteiger partial charge on any atom is 0.314 e. The number of carbonyl (C=O) groups is 2. The van der Waals surface area contributed by atoms with Crippen LogP contribution >= 0.6 is 0 Å². The first-order chi connectivity index (χ1) is 13.4. The van der Waals surface area contributed by atoms with Crippen LogP contribution < -0.4 is 4.74 Å². The van der Waals surface area contributed by atoms with E-state index in [9.17, 15) is 19.8 Å². The second kappa shape index (κ2) is 8.39. The normalized spacial score (nSPS) is 21.9. The molecule has 1 saturated heterocycles. The largest absolute Gasteiger partial charge is 0.497 e. The van der Waals surface area contributed by atoms with Crippen LogP contribution in [0.4, 0.5) is 0 Å². The van der Waals surface area contributed by atoms with Crippen molar-refractivity contribution in [3.63, 3.8) is 0 Å². The molecule has 148 valence electrons. The van der Waals surface area contributed by atoms with Gasteiger partial charge in [0.05, 0.1) is 19.6 Å². The highest BCUT2D eigenvalue weighted by molar-refractivity contribution is 5.82. The number of likely N-dealkylation sites (tertiary alicyclic amines) is 1. The predicted molar refractivity (Wildman–Crippen MR) is 102 cm³/mol. The van der Waals surface area contributed by atoms with Crippen molar-refractivity contribution in [2.75, 3.05) is 20.2 Å². The van der Waals surface area contributed by atoms with Gasteiger partial charge in [-0.2, -0.15) is 0 Å². The number of methoxy groups -OCH3 is 1. The van der Waals surface area contributed by atoms with E-state index in [4.69, 9.17) is 4.74 Å². The fraction of sp³-hybridized carbons (Fsp3) is 0.381. The quantitative estimate of drug-likeness (QED) is 0.784. The van der Waals surface area contributed by atoms with Crippen molar-refractivity contribution in [1.82, 2.24) is 9.88 Å². The van der Waals surface area contributed by atoms with Gasteiger partial charge in [0.2, 0.25) is 5.91 Å². The van der Waals surface area contributed by atoms with Crippen molar-refractivity contribution in [3.05, 3.63) is 59.9 Å². The molecule has 3 rings (SSSR count). The summed E-state index contributed by atoms with van der Waals surface area (Å²) in [5.74, 6) is -0.646. The van der Waals surface area contributed by atoms with Crippen LogP contribution in [0.15, 0.2) is 48.8 Å². The molecule has 1 fully saturated rings. The van der Waals surface area contributed by atoms with E-state index < -0.39 is 17.5 Å². The summed E-state index contributed by atoms with van der Waals surface area (Å²) in [5, 5.41) is 20.6. The Hall–Kier alpha value is -2.93. The Morgan fingerprint density at radius 1 is 1.25 bits per heavy atom. The molecular formula is C21H24N2O5. The van der Waals surface area contributed by atoms with Crippen LogP contribution in [0.3, 0.4) is 0 Å². The average Bonchev–Trinajstić information content (AvgIpc) is 2.70. The van der Waals surface area contributed by atoms with Crippen LogP contribution in [0.25, 0.3) is 0 Å². The third-order valence-electron chi connectivity index (χ3n) is 5.32. The SMILES string of the molecule is COc1cccc(C[C@@]2(C(=O)O)CN(C(=O)Cc3ccncc3)CC[C@@H]2O)c1. The Morgan fingerprint density at radius 2 is 2.00 bits per heavy atom. The van der Waals surface area contributed by atoms with Crippen LogP contribution in [0, 0.1) is 5.41 Å². The van der Waals surface area contributed by atoms with Crippen LogP contribution in [0.5, 0.6) is 5.75 Å². The summed E-state index contributed by atoms with van der Waals surface area (Å²) in [6.07, 6.45) is 2.70. The summed E-state index contributed by atoms with van der Waals surface area (Å²) in [5.41, 5.74) is 0.0995. The Morgan fingerprint density at radius 3 is 2.68 bits per heavy atom. The second-order valence-corrected chi connectivity index (χ2v) is 7.14. The second-order valence-electron chi connectivity index (χ2n) is 7.14. The molecular weight excluding hydrogens is 360 g/mol. The van der Waals surface area contributed by atoms with Gasteiger partial charge in [-0.25, -0.2) is 0 Å².